The lowest BCUT2D eigenvalue weighted by Crippen LogP contribution is -2.58. The van der Waals surface area contributed by atoms with Gasteiger partial charge in [0.25, 0.3) is 0 Å². The quantitative estimate of drug-likeness (QED) is 0.757. The van der Waals surface area contributed by atoms with E-state index in [0.717, 1.165) is 26.2 Å². The summed E-state index contributed by atoms with van der Waals surface area (Å²) in [5.74, 6) is 0. The van der Waals surface area contributed by atoms with Crippen molar-refractivity contribution in [2.24, 2.45) is 0 Å². The highest BCUT2D eigenvalue weighted by Gasteiger charge is 2.51. The van der Waals surface area contributed by atoms with Gasteiger partial charge < -0.3 is 14.8 Å². The smallest absolute Gasteiger partial charge is 0.109 e. The molecule has 0 aromatic rings. The van der Waals surface area contributed by atoms with Crippen molar-refractivity contribution >= 4 is 0 Å². The molecule has 2 unspecified atom stereocenters. The molecule has 0 aromatic carbocycles. The Morgan fingerprint density at radius 1 is 1.33 bits per heavy atom. The summed E-state index contributed by atoms with van der Waals surface area (Å²) in [6.07, 6.45) is 3.39. The van der Waals surface area contributed by atoms with Gasteiger partial charge in [0.1, 0.15) is 5.60 Å². The first-order chi connectivity index (χ1) is 7.08. The molecule has 1 spiro atoms. The average molecular weight is 213 g/mol. The molecule has 3 nitrogen and oxygen atoms in total. The van der Waals surface area contributed by atoms with Crippen LogP contribution >= 0.6 is 0 Å². The van der Waals surface area contributed by atoms with Crippen LogP contribution in [0, 0.1) is 0 Å². The number of morpholine rings is 1. The minimum absolute atomic E-state index is 0.0228. The second-order valence-electron chi connectivity index (χ2n) is 5.43. The SMILES string of the molecule is CCCC1NCCOC12COC(C)(C)C2. The standard InChI is InChI=1S/C12H23NO2/c1-4-5-10-12(14-7-6-13-10)8-11(2,3)15-9-12/h10,13H,4-9H2,1-3H3. The molecule has 88 valence electrons. The minimum atomic E-state index is -0.0578. The molecule has 0 aliphatic carbocycles. The van der Waals surface area contributed by atoms with Gasteiger partial charge in [-0.3, -0.25) is 0 Å². The monoisotopic (exact) mass is 213 g/mol. The first-order valence-corrected chi connectivity index (χ1v) is 6.09. The molecule has 1 N–H and O–H groups in total. The molecule has 0 radical (unpaired) electrons. The molecule has 0 bridgehead atoms. The molecule has 2 heterocycles. The van der Waals surface area contributed by atoms with Crippen molar-refractivity contribution in [1.82, 2.24) is 5.32 Å². The van der Waals surface area contributed by atoms with Gasteiger partial charge >= 0.3 is 0 Å². The van der Waals surface area contributed by atoms with Crippen molar-refractivity contribution in [3.63, 3.8) is 0 Å². The van der Waals surface area contributed by atoms with Crippen LogP contribution in [0.4, 0.5) is 0 Å². The van der Waals surface area contributed by atoms with Crippen LogP contribution in [-0.2, 0) is 9.47 Å². The average Bonchev–Trinajstić information content (AvgIpc) is 2.48. The summed E-state index contributed by atoms with van der Waals surface area (Å²) in [4.78, 5) is 0. The zero-order valence-corrected chi connectivity index (χ0v) is 10.1. The fraction of sp³-hybridized carbons (Fsp3) is 1.00. The van der Waals surface area contributed by atoms with Gasteiger partial charge in [-0.25, -0.2) is 0 Å². The van der Waals surface area contributed by atoms with E-state index in [1.165, 1.54) is 12.8 Å². The molecule has 3 heteroatoms. The lowest BCUT2D eigenvalue weighted by Gasteiger charge is -2.41. The molecule has 2 saturated heterocycles. The summed E-state index contributed by atoms with van der Waals surface area (Å²) in [5.41, 5.74) is -0.0806. The molecule has 2 atom stereocenters. The van der Waals surface area contributed by atoms with Crippen LogP contribution in [0.15, 0.2) is 0 Å². The summed E-state index contributed by atoms with van der Waals surface area (Å²) in [6, 6.07) is 0.470. The molecule has 2 rings (SSSR count). The van der Waals surface area contributed by atoms with E-state index in [4.69, 9.17) is 9.47 Å². The van der Waals surface area contributed by atoms with Crippen LogP contribution in [0.1, 0.15) is 40.0 Å². The lowest BCUT2D eigenvalue weighted by atomic mass is 9.84. The Balaban J connectivity index is 2.10. The Hall–Kier alpha value is -0.120. The molecule has 15 heavy (non-hydrogen) atoms. The highest BCUT2D eigenvalue weighted by molar-refractivity contribution is 5.03. The van der Waals surface area contributed by atoms with E-state index in [9.17, 15) is 0 Å². The Bertz CT molecular complexity index is 228. The lowest BCUT2D eigenvalue weighted by molar-refractivity contribution is -0.0995. The number of hydrogen-bond acceptors (Lipinski definition) is 3. The van der Waals surface area contributed by atoms with E-state index in [0.29, 0.717) is 6.04 Å². The molecule has 2 aliphatic rings. The van der Waals surface area contributed by atoms with E-state index in [1.54, 1.807) is 0 Å². The van der Waals surface area contributed by atoms with Crippen molar-refractivity contribution in [3.05, 3.63) is 0 Å². The van der Waals surface area contributed by atoms with Gasteiger partial charge in [-0.15, -0.1) is 0 Å². The van der Waals surface area contributed by atoms with Crippen LogP contribution < -0.4 is 5.32 Å². The maximum absolute atomic E-state index is 6.04. The van der Waals surface area contributed by atoms with Gasteiger partial charge in [0.05, 0.1) is 18.8 Å². The number of ether oxygens (including phenoxy) is 2. The van der Waals surface area contributed by atoms with Crippen LogP contribution in [0.3, 0.4) is 0 Å². The third-order valence-electron chi connectivity index (χ3n) is 3.53. The third kappa shape index (κ3) is 2.19. The molecule has 0 saturated carbocycles. The van der Waals surface area contributed by atoms with E-state index in [1.807, 2.05) is 0 Å². The summed E-state index contributed by atoms with van der Waals surface area (Å²) >= 11 is 0. The molecular weight excluding hydrogens is 190 g/mol. The first-order valence-electron chi connectivity index (χ1n) is 6.09. The van der Waals surface area contributed by atoms with Crippen molar-refractivity contribution in [3.8, 4) is 0 Å². The van der Waals surface area contributed by atoms with Gasteiger partial charge in [0.15, 0.2) is 0 Å². The van der Waals surface area contributed by atoms with Gasteiger partial charge in [0, 0.05) is 19.0 Å². The predicted molar refractivity (Wildman–Crippen MR) is 60.0 cm³/mol. The van der Waals surface area contributed by atoms with Crippen molar-refractivity contribution < 1.29 is 9.47 Å². The normalized spacial score (nSPS) is 39.8. The van der Waals surface area contributed by atoms with Crippen LogP contribution in [0.2, 0.25) is 0 Å². The summed E-state index contributed by atoms with van der Waals surface area (Å²) in [6.45, 7) is 9.08. The van der Waals surface area contributed by atoms with E-state index in [-0.39, 0.29) is 11.2 Å². The van der Waals surface area contributed by atoms with E-state index in [2.05, 4.69) is 26.1 Å². The van der Waals surface area contributed by atoms with Crippen LogP contribution in [0.5, 0.6) is 0 Å². The Labute approximate surface area is 92.5 Å². The highest BCUT2D eigenvalue weighted by atomic mass is 16.6. The van der Waals surface area contributed by atoms with Crippen LogP contribution in [-0.4, -0.2) is 37.0 Å². The van der Waals surface area contributed by atoms with E-state index < -0.39 is 0 Å². The minimum Gasteiger partial charge on any atom is -0.372 e. The van der Waals surface area contributed by atoms with Crippen LogP contribution in [0.25, 0.3) is 0 Å². The molecule has 2 aliphatic heterocycles. The summed E-state index contributed by atoms with van der Waals surface area (Å²) < 4.78 is 11.9. The molecular formula is C12H23NO2. The highest BCUT2D eigenvalue weighted by Crippen LogP contribution is 2.39. The van der Waals surface area contributed by atoms with Crippen molar-refractivity contribution in [2.45, 2.75) is 57.3 Å². The van der Waals surface area contributed by atoms with Gasteiger partial charge in [-0.1, -0.05) is 13.3 Å². The summed E-state index contributed by atoms with van der Waals surface area (Å²) in [5, 5.41) is 3.59. The van der Waals surface area contributed by atoms with Crippen molar-refractivity contribution in [2.75, 3.05) is 19.8 Å². The molecule has 2 fully saturated rings. The number of hydrogen-bond donors (Lipinski definition) is 1. The predicted octanol–water partition coefficient (Wildman–Crippen LogP) is 1.71. The van der Waals surface area contributed by atoms with Gasteiger partial charge in [-0.05, 0) is 20.3 Å². The second-order valence-corrected chi connectivity index (χ2v) is 5.43. The first kappa shape index (κ1) is 11.4. The Morgan fingerprint density at radius 3 is 2.73 bits per heavy atom. The molecule has 0 amide bonds. The zero-order chi connectivity index (χ0) is 10.9. The maximum Gasteiger partial charge on any atom is 0.109 e. The van der Waals surface area contributed by atoms with Gasteiger partial charge in [0.2, 0.25) is 0 Å². The number of nitrogens with one attached hydrogen (secondary N) is 1. The summed E-state index contributed by atoms with van der Waals surface area (Å²) in [7, 11) is 0. The van der Waals surface area contributed by atoms with E-state index >= 15 is 0 Å². The zero-order valence-electron chi connectivity index (χ0n) is 10.1. The third-order valence-corrected chi connectivity index (χ3v) is 3.53. The largest absolute Gasteiger partial charge is 0.372 e. The number of rotatable bonds is 2. The van der Waals surface area contributed by atoms with Gasteiger partial charge in [-0.2, -0.15) is 0 Å². The fourth-order valence-corrected chi connectivity index (χ4v) is 2.88. The second kappa shape index (κ2) is 4.04. The fourth-order valence-electron chi connectivity index (χ4n) is 2.88. The maximum atomic E-state index is 6.04. The van der Waals surface area contributed by atoms with Crippen molar-refractivity contribution in [1.29, 1.82) is 0 Å². The Kier molecular flexibility index (Phi) is 3.06. The topological polar surface area (TPSA) is 30.5 Å². The Morgan fingerprint density at radius 2 is 2.13 bits per heavy atom. The molecule has 0 aromatic heterocycles.